The SMILES string of the molecule is c1ccc(-n2c3ccc(-n4c5ccc6ccccc6c5c5c6ccccc6ccc54)cc3c3cc4ccccc4cc32)cc1. The maximum absolute atomic E-state index is 2.47. The molecule has 0 unspecified atom stereocenters. The lowest BCUT2D eigenvalue weighted by Crippen LogP contribution is -1.95. The van der Waals surface area contributed by atoms with Crippen molar-refractivity contribution in [1.29, 1.82) is 0 Å². The summed E-state index contributed by atoms with van der Waals surface area (Å²) in [5.74, 6) is 0. The molecule has 0 saturated heterocycles. The highest BCUT2D eigenvalue weighted by Crippen LogP contribution is 2.42. The summed E-state index contributed by atoms with van der Waals surface area (Å²) in [7, 11) is 0. The maximum atomic E-state index is 2.47. The van der Waals surface area contributed by atoms with Gasteiger partial charge in [-0.3, -0.25) is 0 Å². The van der Waals surface area contributed by atoms with Gasteiger partial charge in [-0.1, -0.05) is 103 Å². The average molecular weight is 559 g/mol. The lowest BCUT2D eigenvalue weighted by Gasteiger charge is -2.11. The Balaban J connectivity index is 1.36. The highest BCUT2D eigenvalue weighted by Gasteiger charge is 2.19. The molecular weight excluding hydrogens is 532 g/mol. The molecule has 2 heterocycles. The van der Waals surface area contributed by atoms with E-state index < -0.39 is 0 Å². The molecule has 0 aliphatic rings. The minimum absolute atomic E-state index is 1.17. The minimum Gasteiger partial charge on any atom is -0.309 e. The van der Waals surface area contributed by atoms with Crippen molar-refractivity contribution in [3.63, 3.8) is 0 Å². The van der Waals surface area contributed by atoms with E-state index in [0.717, 1.165) is 0 Å². The van der Waals surface area contributed by atoms with Gasteiger partial charge in [0, 0.05) is 32.9 Å². The fraction of sp³-hybridized carbons (Fsp3) is 0. The van der Waals surface area contributed by atoms with Crippen LogP contribution >= 0.6 is 0 Å². The predicted molar refractivity (Wildman–Crippen MR) is 188 cm³/mol. The normalized spacial score (nSPS) is 12.1. The second-order valence-electron chi connectivity index (χ2n) is 11.8. The summed E-state index contributed by atoms with van der Waals surface area (Å²) in [6.45, 7) is 0. The van der Waals surface area contributed by atoms with Gasteiger partial charge in [0.05, 0.1) is 22.1 Å². The lowest BCUT2D eigenvalue weighted by atomic mass is 10.00. The summed E-state index contributed by atoms with van der Waals surface area (Å²) in [6.07, 6.45) is 0. The monoisotopic (exact) mass is 558 g/mol. The van der Waals surface area contributed by atoms with Crippen LogP contribution in [0.25, 0.3) is 87.3 Å². The van der Waals surface area contributed by atoms with Crippen molar-refractivity contribution in [2.24, 2.45) is 0 Å². The standard InChI is InChI=1S/C42H26N2/c1-2-14-31(15-3-1)43-37-23-20-32(26-36(37)35-24-29-12-4-5-13-30(29)25-40(35)43)44-38-21-18-27-10-6-8-16-33(27)41(38)42-34-17-9-7-11-28(34)19-22-39(42)44/h1-26H. The van der Waals surface area contributed by atoms with Gasteiger partial charge in [-0.15, -0.1) is 0 Å². The van der Waals surface area contributed by atoms with Crippen molar-refractivity contribution in [2.75, 3.05) is 0 Å². The molecule has 0 radical (unpaired) electrons. The second kappa shape index (κ2) is 8.82. The van der Waals surface area contributed by atoms with Gasteiger partial charge in [0.25, 0.3) is 0 Å². The van der Waals surface area contributed by atoms with Gasteiger partial charge in [-0.05, 0) is 86.9 Å². The van der Waals surface area contributed by atoms with Crippen LogP contribution in [0.1, 0.15) is 0 Å². The number of nitrogens with zero attached hydrogens (tertiary/aromatic N) is 2. The van der Waals surface area contributed by atoms with E-state index in [1.54, 1.807) is 0 Å². The Kier molecular flexibility index (Phi) is 4.75. The van der Waals surface area contributed by atoms with E-state index in [4.69, 9.17) is 0 Å². The average Bonchev–Trinajstić information content (AvgIpc) is 3.60. The van der Waals surface area contributed by atoms with Crippen molar-refractivity contribution in [3.8, 4) is 11.4 Å². The molecule has 0 saturated carbocycles. The van der Waals surface area contributed by atoms with E-state index in [1.165, 1.54) is 87.3 Å². The van der Waals surface area contributed by atoms with E-state index >= 15 is 0 Å². The Bertz CT molecular complexity index is 2670. The third kappa shape index (κ3) is 3.20. The maximum Gasteiger partial charge on any atom is 0.0547 e. The number of aromatic nitrogens is 2. The molecule has 204 valence electrons. The van der Waals surface area contributed by atoms with Crippen molar-refractivity contribution < 1.29 is 0 Å². The summed E-state index contributed by atoms with van der Waals surface area (Å²) in [6, 6.07) is 57.8. The fourth-order valence-corrected chi connectivity index (χ4v) is 7.51. The Morgan fingerprint density at radius 3 is 1.43 bits per heavy atom. The largest absolute Gasteiger partial charge is 0.309 e. The van der Waals surface area contributed by atoms with Gasteiger partial charge >= 0.3 is 0 Å². The number of rotatable bonds is 2. The first-order valence-electron chi connectivity index (χ1n) is 15.2. The topological polar surface area (TPSA) is 9.86 Å². The minimum atomic E-state index is 1.17. The first kappa shape index (κ1) is 23.7. The van der Waals surface area contributed by atoms with Gasteiger partial charge in [0.15, 0.2) is 0 Å². The number of fused-ring (bicyclic) bond motifs is 11. The van der Waals surface area contributed by atoms with Crippen molar-refractivity contribution in [2.45, 2.75) is 0 Å². The third-order valence-electron chi connectivity index (χ3n) is 9.43. The van der Waals surface area contributed by atoms with Crippen LogP contribution in [0.5, 0.6) is 0 Å². The zero-order valence-electron chi connectivity index (χ0n) is 23.9. The van der Waals surface area contributed by atoms with Crippen LogP contribution in [-0.4, -0.2) is 9.13 Å². The van der Waals surface area contributed by atoms with Crippen molar-refractivity contribution >= 4 is 75.9 Å². The number of hydrogen-bond acceptors (Lipinski definition) is 0. The van der Waals surface area contributed by atoms with E-state index in [9.17, 15) is 0 Å². The third-order valence-corrected chi connectivity index (χ3v) is 9.43. The van der Waals surface area contributed by atoms with Crippen LogP contribution in [0, 0.1) is 0 Å². The number of para-hydroxylation sites is 1. The zero-order valence-corrected chi connectivity index (χ0v) is 23.9. The van der Waals surface area contributed by atoms with Crippen LogP contribution in [0.3, 0.4) is 0 Å². The summed E-state index contributed by atoms with van der Waals surface area (Å²) in [5.41, 5.74) is 7.23. The number of benzene rings is 8. The molecule has 2 aromatic heterocycles. The van der Waals surface area contributed by atoms with Crippen molar-refractivity contribution in [3.05, 3.63) is 158 Å². The first-order chi connectivity index (χ1) is 21.8. The quantitative estimate of drug-likeness (QED) is 0.200. The molecule has 8 aromatic carbocycles. The van der Waals surface area contributed by atoms with E-state index in [0.29, 0.717) is 0 Å². The molecule has 0 amide bonds. The first-order valence-corrected chi connectivity index (χ1v) is 15.2. The van der Waals surface area contributed by atoms with Crippen LogP contribution in [0.2, 0.25) is 0 Å². The van der Waals surface area contributed by atoms with Gasteiger partial charge in [0.1, 0.15) is 0 Å². The molecule has 0 aliphatic heterocycles. The van der Waals surface area contributed by atoms with Crippen LogP contribution in [0.15, 0.2) is 158 Å². The smallest absolute Gasteiger partial charge is 0.0547 e. The Morgan fingerprint density at radius 2 is 0.773 bits per heavy atom. The molecule has 0 fully saturated rings. The molecule has 0 atom stereocenters. The molecule has 0 aliphatic carbocycles. The zero-order chi connectivity index (χ0) is 28.8. The molecule has 10 aromatic rings. The number of hydrogen-bond donors (Lipinski definition) is 0. The summed E-state index contributed by atoms with van der Waals surface area (Å²) in [4.78, 5) is 0. The molecule has 10 rings (SSSR count). The van der Waals surface area contributed by atoms with E-state index in [-0.39, 0.29) is 0 Å². The molecule has 2 nitrogen and oxygen atoms in total. The van der Waals surface area contributed by atoms with Crippen LogP contribution in [-0.2, 0) is 0 Å². The van der Waals surface area contributed by atoms with Gasteiger partial charge < -0.3 is 9.13 Å². The van der Waals surface area contributed by atoms with Gasteiger partial charge in [-0.25, -0.2) is 0 Å². The highest BCUT2D eigenvalue weighted by molar-refractivity contribution is 6.28. The van der Waals surface area contributed by atoms with Crippen molar-refractivity contribution in [1.82, 2.24) is 9.13 Å². The Morgan fingerprint density at radius 1 is 0.273 bits per heavy atom. The molecular formula is C42H26N2. The summed E-state index contributed by atoms with van der Waals surface area (Å²) < 4.78 is 4.88. The molecule has 0 bridgehead atoms. The predicted octanol–water partition coefficient (Wildman–Crippen LogP) is 11.3. The van der Waals surface area contributed by atoms with Gasteiger partial charge in [0.2, 0.25) is 0 Å². The second-order valence-corrected chi connectivity index (χ2v) is 11.8. The highest BCUT2D eigenvalue weighted by atomic mass is 15.0. The summed E-state index contributed by atoms with van der Waals surface area (Å²) >= 11 is 0. The molecule has 0 spiro atoms. The molecule has 0 N–H and O–H groups in total. The van der Waals surface area contributed by atoms with E-state index in [2.05, 4.69) is 167 Å². The Labute approximate surface area is 253 Å². The fourth-order valence-electron chi connectivity index (χ4n) is 7.51. The lowest BCUT2D eigenvalue weighted by molar-refractivity contribution is 1.17. The van der Waals surface area contributed by atoms with E-state index in [1.807, 2.05) is 0 Å². The molecule has 2 heteroatoms. The Hall–Kier alpha value is -5.86. The van der Waals surface area contributed by atoms with Crippen LogP contribution in [0.4, 0.5) is 0 Å². The van der Waals surface area contributed by atoms with Gasteiger partial charge in [-0.2, -0.15) is 0 Å². The van der Waals surface area contributed by atoms with Crippen LogP contribution < -0.4 is 0 Å². The molecule has 44 heavy (non-hydrogen) atoms. The summed E-state index contributed by atoms with van der Waals surface area (Å²) in [5, 5.41) is 12.8.